The number of nitrogens with zero attached hydrogens (tertiary/aromatic N) is 2. The Kier molecular flexibility index (Phi) is 5.56. The number of aromatic hydroxyl groups is 1. The molecule has 0 aliphatic rings. The maximum absolute atomic E-state index is 14.6. The van der Waals surface area contributed by atoms with Gasteiger partial charge >= 0.3 is 0 Å². The molecule has 0 aliphatic heterocycles. The Morgan fingerprint density at radius 1 is 1.12 bits per heavy atom. The minimum Gasteiger partial charge on any atom is -0.494 e. The summed E-state index contributed by atoms with van der Waals surface area (Å²) in [6.07, 6.45) is 3.51. The maximum atomic E-state index is 14.6. The number of hydrogen-bond acceptors (Lipinski definition) is 3. The van der Waals surface area contributed by atoms with E-state index in [1.165, 1.54) is 6.07 Å². The third kappa shape index (κ3) is 3.72. The molecule has 0 bridgehead atoms. The van der Waals surface area contributed by atoms with Crippen molar-refractivity contribution >= 4 is 28.5 Å². The van der Waals surface area contributed by atoms with Gasteiger partial charge in [0.25, 0.3) is 0 Å². The van der Waals surface area contributed by atoms with Gasteiger partial charge in [0.15, 0.2) is 5.88 Å². The van der Waals surface area contributed by atoms with Crippen LogP contribution in [0.25, 0.3) is 10.9 Å². The van der Waals surface area contributed by atoms with E-state index in [1.54, 1.807) is 18.3 Å². The van der Waals surface area contributed by atoms with Crippen LogP contribution in [0.2, 0.25) is 0 Å². The predicted molar refractivity (Wildman–Crippen MR) is 106 cm³/mol. The van der Waals surface area contributed by atoms with Gasteiger partial charge in [-0.05, 0) is 31.0 Å². The van der Waals surface area contributed by atoms with Crippen molar-refractivity contribution in [3.05, 3.63) is 53.8 Å². The number of rotatable bonds is 7. The molecule has 0 atom stereocenters. The van der Waals surface area contributed by atoms with Crippen molar-refractivity contribution in [2.75, 3.05) is 18.0 Å². The van der Waals surface area contributed by atoms with Crippen molar-refractivity contribution in [3.63, 3.8) is 0 Å². The fourth-order valence-electron chi connectivity index (χ4n) is 3.14. The standard InChI is InChI=1S/C21H24FN3O/c1-3-11-25(12-4-2)20-10-9-15(13-18(20)22)23-14-17-16-7-5-6-8-19(16)24-21(17)26/h5-10,13-14,24,26H,3-4,11-12H2,1-2H3. The number of aliphatic imine (C=N–C) groups is 1. The number of halogens is 1. The van der Waals surface area contributed by atoms with Crippen molar-refractivity contribution < 1.29 is 9.50 Å². The predicted octanol–water partition coefficient (Wildman–Crippen LogP) is 5.39. The van der Waals surface area contributed by atoms with Crippen LogP contribution in [0.1, 0.15) is 32.3 Å². The van der Waals surface area contributed by atoms with Crippen LogP contribution in [0.3, 0.4) is 0 Å². The Labute approximate surface area is 153 Å². The Bertz CT molecular complexity index is 911. The van der Waals surface area contributed by atoms with E-state index in [0.29, 0.717) is 16.9 Å². The van der Waals surface area contributed by atoms with Gasteiger partial charge in [0.1, 0.15) is 5.82 Å². The Hall–Kier alpha value is -2.82. The van der Waals surface area contributed by atoms with Gasteiger partial charge in [-0.15, -0.1) is 0 Å². The lowest BCUT2D eigenvalue weighted by Crippen LogP contribution is -2.25. The van der Waals surface area contributed by atoms with Crippen LogP contribution in [-0.2, 0) is 0 Å². The highest BCUT2D eigenvalue weighted by molar-refractivity contribution is 6.02. The second-order valence-corrected chi connectivity index (χ2v) is 6.31. The zero-order valence-corrected chi connectivity index (χ0v) is 15.2. The molecule has 3 rings (SSSR count). The summed E-state index contributed by atoms with van der Waals surface area (Å²) in [5.74, 6) is -0.214. The molecule has 1 aromatic heterocycles. The first-order valence-electron chi connectivity index (χ1n) is 9.02. The smallest absolute Gasteiger partial charge is 0.198 e. The van der Waals surface area contributed by atoms with Crippen molar-refractivity contribution in [2.24, 2.45) is 4.99 Å². The molecule has 2 N–H and O–H groups in total. The van der Waals surface area contributed by atoms with E-state index in [9.17, 15) is 9.50 Å². The molecule has 2 aromatic carbocycles. The quantitative estimate of drug-likeness (QED) is 0.560. The molecular formula is C21H24FN3O. The average Bonchev–Trinajstić information content (AvgIpc) is 2.95. The van der Waals surface area contributed by atoms with Crippen LogP contribution in [0.15, 0.2) is 47.5 Å². The van der Waals surface area contributed by atoms with E-state index < -0.39 is 0 Å². The normalized spacial score (nSPS) is 11.5. The van der Waals surface area contributed by atoms with Crippen molar-refractivity contribution in [1.29, 1.82) is 0 Å². The van der Waals surface area contributed by atoms with Gasteiger partial charge in [0.05, 0.1) is 16.9 Å². The van der Waals surface area contributed by atoms with Gasteiger partial charge in [-0.25, -0.2) is 4.39 Å². The van der Waals surface area contributed by atoms with Crippen molar-refractivity contribution in [2.45, 2.75) is 26.7 Å². The van der Waals surface area contributed by atoms with Crippen LogP contribution >= 0.6 is 0 Å². The molecule has 0 aliphatic carbocycles. The van der Waals surface area contributed by atoms with Gasteiger partial charge in [-0.1, -0.05) is 32.0 Å². The molecule has 136 valence electrons. The third-order valence-corrected chi connectivity index (χ3v) is 4.33. The molecule has 3 aromatic rings. The Morgan fingerprint density at radius 2 is 1.85 bits per heavy atom. The minimum absolute atomic E-state index is 0.0594. The SMILES string of the molecule is CCCN(CCC)c1ccc(N=Cc2c(O)[nH]c3ccccc23)cc1F. The number of nitrogens with one attached hydrogen (secondary N) is 1. The molecule has 4 nitrogen and oxygen atoms in total. The third-order valence-electron chi connectivity index (χ3n) is 4.33. The minimum atomic E-state index is -0.273. The number of para-hydroxylation sites is 1. The second-order valence-electron chi connectivity index (χ2n) is 6.31. The van der Waals surface area contributed by atoms with Gasteiger partial charge < -0.3 is 15.0 Å². The number of benzene rings is 2. The summed E-state index contributed by atoms with van der Waals surface area (Å²) < 4.78 is 14.6. The second kappa shape index (κ2) is 8.04. The first kappa shape index (κ1) is 18.0. The summed E-state index contributed by atoms with van der Waals surface area (Å²) in [5, 5.41) is 11.0. The van der Waals surface area contributed by atoms with Gasteiger partial charge in [0, 0.05) is 36.3 Å². The van der Waals surface area contributed by atoms with E-state index in [0.717, 1.165) is 36.8 Å². The van der Waals surface area contributed by atoms with Crippen LogP contribution < -0.4 is 4.90 Å². The molecular weight excluding hydrogens is 329 g/mol. The van der Waals surface area contributed by atoms with E-state index >= 15 is 0 Å². The van der Waals surface area contributed by atoms with Crippen molar-refractivity contribution in [1.82, 2.24) is 4.98 Å². The summed E-state index contributed by atoms with van der Waals surface area (Å²) in [5.41, 5.74) is 2.57. The molecule has 26 heavy (non-hydrogen) atoms. The first-order chi connectivity index (χ1) is 12.6. The van der Waals surface area contributed by atoms with Gasteiger partial charge in [-0.2, -0.15) is 0 Å². The number of aromatic nitrogens is 1. The number of hydrogen-bond donors (Lipinski definition) is 2. The van der Waals surface area contributed by atoms with E-state index in [2.05, 4.69) is 28.7 Å². The Morgan fingerprint density at radius 3 is 2.54 bits per heavy atom. The van der Waals surface area contributed by atoms with Gasteiger partial charge in [-0.3, -0.25) is 4.99 Å². The number of aromatic amines is 1. The molecule has 0 amide bonds. The van der Waals surface area contributed by atoms with E-state index in [4.69, 9.17) is 0 Å². The first-order valence-corrected chi connectivity index (χ1v) is 9.02. The topological polar surface area (TPSA) is 51.6 Å². The van der Waals surface area contributed by atoms with Crippen molar-refractivity contribution in [3.8, 4) is 5.88 Å². The lowest BCUT2D eigenvalue weighted by molar-refractivity contribution is 0.457. The highest BCUT2D eigenvalue weighted by Crippen LogP contribution is 2.28. The zero-order chi connectivity index (χ0) is 18.5. The van der Waals surface area contributed by atoms with E-state index in [-0.39, 0.29) is 11.7 Å². The van der Waals surface area contributed by atoms with Crippen LogP contribution in [0.4, 0.5) is 15.8 Å². The molecule has 0 radical (unpaired) electrons. The molecule has 0 spiro atoms. The van der Waals surface area contributed by atoms with E-state index in [1.807, 2.05) is 24.3 Å². The zero-order valence-electron chi connectivity index (χ0n) is 15.2. The maximum Gasteiger partial charge on any atom is 0.198 e. The lowest BCUT2D eigenvalue weighted by Gasteiger charge is -2.24. The van der Waals surface area contributed by atoms with Crippen LogP contribution in [0.5, 0.6) is 5.88 Å². The van der Waals surface area contributed by atoms with Crippen LogP contribution in [-0.4, -0.2) is 29.4 Å². The molecule has 1 heterocycles. The highest BCUT2D eigenvalue weighted by atomic mass is 19.1. The summed E-state index contributed by atoms with van der Waals surface area (Å²) >= 11 is 0. The molecule has 0 unspecified atom stereocenters. The Balaban J connectivity index is 1.87. The van der Waals surface area contributed by atoms with Crippen LogP contribution in [0, 0.1) is 5.82 Å². The monoisotopic (exact) mass is 353 g/mol. The largest absolute Gasteiger partial charge is 0.494 e. The summed E-state index contributed by atoms with van der Waals surface area (Å²) in [6, 6.07) is 12.6. The number of anilines is 1. The summed E-state index contributed by atoms with van der Waals surface area (Å²) in [4.78, 5) is 9.32. The lowest BCUT2D eigenvalue weighted by atomic mass is 10.2. The number of fused-ring (bicyclic) bond motifs is 1. The molecule has 0 fully saturated rings. The summed E-state index contributed by atoms with van der Waals surface area (Å²) in [7, 11) is 0. The fraction of sp³-hybridized carbons (Fsp3) is 0.286. The summed E-state index contributed by atoms with van der Waals surface area (Å²) in [6.45, 7) is 5.84. The molecule has 0 saturated heterocycles. The average molecular weight is 353 g/mol. The molecule has 5 heteroatoms. The molecule has 0 saturated carbocycles. The fourth-order valence-corrected chi connectivity index (χ4v) is 3.14. The number of H-pyrrole nitrogens is 1. The van der Waals surface area contributed by atoms with Gasteiger partial charge in [0.2, 0.25) is 0 Å². The highest BCUT2D eigenvalue weighted by Gasteiger charge is 2.11.